The van der Waals surface area contributed by atoms with Crippen LogP contribution >= 0.6 is 0 Å². The van der Waals surface area contributed by atoms with Gasteiger partial charge < -0.3 is 24.1 Å². The highest BCUT2D eigenvalue weighted by Gasteiger charge is 2.65. The van der Waals surface area contributed by atoms with Crippen molar-refractivity contribution in [1.82, 2.24) is 0 Å². The van der Waals surface area contributed by atoms with Gasteiger partial charge in [-0.3, -0.25) is 0 Å². The van der Waals surface area contributed by atoms with Crippen molar-refractivity contribution in [2.45, 2.75) is 69.9 Å². The number of carboxylic acid groups (broad SMARTS) is 1. The molecule has 1 saturated carbocycles. The quantitative estimate of drug-likeness (QED) is 0.783. The van der Waals surface area contributed by atoms with E-state index in [1.165, 1.54) is 0 Å². The molecule has 2 rings (SSSR count). The first-order valence-corrected chi connectivity index (χ1v) is 6.46. The Balaban J connectivity index is 2.22. The molecule has 1 aliphatic carbocycles. The van der Waals surface area contributed by atoms with Gasteiger partial charge >= 0.3 is 5.97 Å². The van der Waals surface area contributed by atoms with Crippen LogP contribution in [0, 0.1) is 0 Å². The number of carboxylic acids is 1. The first-order valence-electron chi connectivity index (χ1n) is 6.46. The van der Waals surface area contributed by atoms with E-state index in [4.69, 9.17) is 18.9 Å². The number of hydrogen-bond donors (Lipinski definition) is 1. The highest BCUT2D eigenvalue weighted by Crippen LogP contribution is 2.48. The predicted octanol–water partition coefficient (Wildman–Crippen LogP) is 1.52. The lowest BCUT2D eigenvalue weighted by molar-refractivity contribution is -0.246. The molecule has 6 nitrogen and oxygen atoms in total. The Kier molecular flexibility index (Phi) is 3.42. The zero-order valence-electron chi connectivity index (χ0n) is 12.1. The number of carbonyl (C=O) groups is 1. The maximum absolute atomic E-state index is 11.6. The Morgan fingerprint density at radius 1 is 1.42 bits per heavy atom. The monoisotopic (exact) mass is 274 g/mol. The number of rotatable bonds is 4. The molecule has 110 valence electrons. The third kappa shape index (κ3) is 2.50. The van der Waals surface area contributed by atoms with Gasteiger partial charge in [0.1, 0.15) is 6.10 Å². The molecule has 0 radical (unpaired) electrons. The average Bonchev–Trinajstić information content (AvgIpc) is 2.72. The van der Waals surface area contributed by atoms with Crippen LogP contribution in [0.3, 0.4) is 0 Å². The van der Waals surface area contributed by atoms with Gasteiger partial charge in [0.25, 0.3) is 0 Å². The first-order chi connectivity index (χ1) is 8.62. The number of ether oxygens (including phenoxy) is 4. The van der Waals surface area contributed by atoms with E-state index < -0.39 is 29.2 Å². The molecule has 0 aromatic carbocycles. The summed E-state index contributed by atoms with van der Waals surface area (Å²) in [5, 5.41) is 9.49. The van der Waals surface area contributed by atoms with Gasteiger partial charge in [-0.15, -0.1) is 0 Å². The highest BCUT2D eigenvalue weighted by molar-refractivity contribution is 5.79. The Hall–Kier alpha value is -0.690. The molecule has 0 bridgehead atoms. The number of fused-ring (bicyclic) bond motifs is 1. The first kappa shape index (κ1) is 14.7. The Labute approximate surface area is 113 Å². The lowest BCUT2D eigenvalue weighted by Gasteiger charge is -2.31. The van der Waals surface area contributed by atoms with E-state index in [2.05, 4.69) is 0 Å². The molecular formula is C13H22O6. The largest absolute Gasteiger partial charge is 0.479 e. The van der Waals surface area contributed by atoms with Gasteiger partial charge in [-0.05, 0) is 40.5 Å². The fraction of sp³-hybridized carbons (Fsp3) is 0.923. The highest BCUT2D eigenvalue weighted by atomic mass is 16.8. The zero-order valence-corrected chi connectivity index (χ0v) is 12.1. The van der Waals surface area contributed by atoms with Crippen LogP contribution in [-0.2, 0) is 23.7 Å². The van der Waals surface area contributed by atoms with Gasteiger partial charge in [0.05, 0.1) is 6.10 Å². The lowest BCUT2D eigenvalue weighted by Crippen LogP contribution is -2.48. The summed E-state index contributed by atoms with van der Waals surface area (Å²) in [4.78, 5) is 11.6. The molecule has 0 spiro atoms. The molecule has 2 aliphatic rings. The van der Waals surface area contributed by atoms with E-state index in [1.807, 2.05) is 0 Å². The van der Waals surface area contributed by atoms with Crippen LogP contribution < -0.4 is 0 Å². The molecule has 1 N–H and O–H groups in total. The molecule has 6 heteroatoms. The van der Waals surface area contributed by atoms with Gasteiger partial charge in [0.15, 0.2) is 17.2 Å². The topological polar surface area (TPSA) is 74.2 Å². The van der Waals surface area contributed by atoms with E-state index in [-0.39, 0.29) is 6.10 Å². The molecule has 3 atom stereocenters. The van der Waals surface area contributed by atoms with Crippen molar-refractivity contribution in [3.05, 3.63) is 0 Å². The maximum atomic E-state index is 11.6. The van der Waals surface area contributed by atoms with Crippen molar-refractivity contribution >= 4 is 5.97 Å². The average molecular weight is 274 g/mol. The zero-order chi connectivity index (χ0) is 14.5. The number of methoxy groups -OCH3 is 1. The summed E-state index contributed by atoms with van der Waals surface area (Å²) in [6.07, 6.45) is -0.0250. The maximum Gasteiger partial charge on any atom is 0.338 e. The summed E-state index contributed by atoms with van der Waals surface area (Å²) in [7, 11) is 1.55. The van der Waals surface area contributed by atoms with Crippen LogP contribution in [0.2, 0.25) is 0 Å². The van der Waals surface area contributed by atoms with Crippen LogP contribution in [0.5, 0.6) is 0 Å². The third-order valence-electron chi connectivity index (χ3n) is 3.73. The SMILES string of the molecule is COC(C)(C)O[C@@H]1CC[C@@]2(C(=O)O)OC(C)(C)O[C@@H]12. The van der Waals surface area contributed by atoms with E-state index >= 15 is 0 Å². The second-order valence-corrected chi connectivity index (χ2v) is 6.03. The second-order valence-electron chi connectivity index (χ2n) is 6.03. The van der Waals surface area contributed by atoms with E-state index in [0.717, 1.165) is 0 Å². The normalized spacial score (nSPS) is 37.3. The summed E-state index contributed by atoms with van der Waals surface area (Å²) >= 11 is 0. The summed E-state index contributed by atoms with van der Waals surface area (Å²) in [6, 6.07) is 0. The van der Waals surface area contributed by atoms with Crippen LogP contribution in [0.25, 0.3) is 0 Å². The van der Waals surface area contributed by atoms with Crippen molar-refractivity contribution in [3.63, 3.8) is 0 Å². The van der Waals surface area contributed by atoms with E-state index in [1.54, 1.807) is 34.8 Å². The molecule has 0 amide bonds. The molecule has 1 aliphatic heterocycles. The van der Waals surface area contributed by atoms with E-state index in [9.17, 15) is 9.90 Å². The van der Waals surface area contributed by atoms with Crippen molar-refractivity contribution < 1.29 is 28.8 Å². The van der Waals surface area contributed by atoms with Crippen molar-refractivity contribution in [2.75, 3.05) is 7.11 Å². The molecule has 1 heterocycles. The molecule has 2 fully saturated rings. The molecule has 0 aromatic rings. The smallest absolute Gasteiger partial charge is 0.338 e. The number of aliphatic carboxylic acids is 1. The summed E-state index contributed by atoms with van der Waals surface area (Å²) in [6.45, 7) is 7.01. The van der Waals surface area contributed by atoms with Crippen LogP contribution in [0.4, 0.5) is 0 Å². The van der Waals surface area contributed by atoms with Gasteiger partial charge in [-0.1, -0.05) is 0 Å². The van der Waals surface area contributed by atoms with Crippen molar-refractivity contribution in [3.8, 4) is 0 Å². The van der Waals surface area contributed by atoms with Gasteiger partial charge in [-0.2, -0.15) is 0 Å². The molecule has 19 heavy (non-hydrogen) atoms. The molecular weight excluding hydrogens is 252 g/mol. The Morgan fingerprint density at radius 3 is 2.58 bits per heavy atom. The van der Waals surface area contributed by atoms with Crippen LogP contribution in [0.1, 0.15) is 40.5 Å². The van der Waals surface area contributed by atoms with Gasteiger partial charge in [-0.25, -0.2) is 4.79 Å². The second kappa shape index (κ2) is 4.41. The Bertz CT molecular complexity index is 377. The fourth-order valence-corrected chi connectivity index (χ4v) is 2.80. The minimum atomic E-state index is -1.31. The van der Waals surface area contributed by atoms with Crippen LogP contribution in [0.15, 0.2) is 0 Å². The summed E-state index contributed by atoms with van der Waals surface area (Å²) < 4.78 is 22.5. The minimum absolute atomic E-state index is 0.354. The predicted molar refractivity (Wildman–Crippen MR) is 65.6 cm³/mol. The van der Waals surface area contributed by atoms with Crippen LogP contribution in [-0.4, -0.2) is 47.6 Å². The summed E-state index contributed by atoms with van der Waals surface area (Å²) in [5.41, 5.74) is -1.31. The summed E-state index contributed by atoms with van der Waals surface area (Å²) in [5.74, 6) is -2.69. The fourth-order valence-electron chi connectivity index (χ4n) is 2.80. The Morgan fingerprint density at radius 2 is 2.05 bits per heavy atom. The van der Waals surface area contributed by atoms with Crippen molar-refractivity contribution in [1.29, 1.82) is 0 Å². The standard InChI is InChI=1S/C13H22O6/c1-11(2,16-5)17-8-6-7-13(10(14)15)9(8)18-12(3,4)19-13/h8-9H,6-7H2,1-5H3,(H,14,15)/t8-,9+,13-/m1/s1. The molecule has 0 aromatic heterocycles. The minimum Gasteiger partial charge on any atom is -0.479 e. The lowest BCUT2D eigenvalue weighted by atomic mass is 10.00. The van der Waals surface area contributed by atoms with E-state index in [0.29, 0.717) is 12.8 Å². The number of hydrogen-bond acceptors (Lipinski definition) is 5. The molecule has 1 saturated heterocycles. The molecule has 0 unspecified atom stereocenters. The third-order valence-corrected chi connectivity index (χ3v) is 3.73. The van der Waals surface area contributed by atoms with Crippen molar-refractivity contribution in [2.24, 2.45) is 0 Å². The van der Waals surface area contributed by atoms with Gasteiger partial charge in [0.2, 0.25) is 0 Å². The van der Waals surface area contributed by atoms with Gasteiger partial charge in [0, 0.05) is 7.11 Å².